The molecule has 0 bridgehead atoms. The van der Waals surface area contributed by atoms with Gasteiger partial charge in [-0.2, -0.15) is 0 Å². The van der Waals surface area contributed by atoms with Gasteiger partial charge in [-0.15, -0.1) is 0 Å². The summed E-state index contributed by atoms with van der Waals surface area (Å²) in [6.07, 6.45) is 4.29. The van der Waals surface area contributed by atoms with E-state index in [9.17, 15) is 14.0 Å². The number of halogens is 1. The maximum atomic E-state index is 13.7. The SMILES string of the molecule is CCC1(CNC(=O)Nc2c(F)cccc2C(=O)O)CCC1. The van der Waals surface area contributed by atoms with Crippen LogP contribution < -0.4 is 10.6 Å². The topological polar surface area (TPSA) is 78.4 Å². The molecule has 2 amide bonds. The van der Waals surface area contributed by atoms with E-state index >= 15 is 0 Å². The number of para-hydroxylation sites is 1. The van der Waals surface area contributed by atoms with Crippen molar-refractivity contribution in [2.45, 2.75) is 32.6 Å². The summed E-state index contributed by atoms with van der Waals surface area (Å²) >= 11 is 0. The van der Waals surface area contributed by atoms with Gasteiger partial charge >= 0.3 is 12.0 Å². The molecule has 1 aromatic rings. The third kappa shape index (κ3) is 3.32. The number of hydrogen-bond acceptors (Lipinski definition) is 2. The second-order valence-corrected chi connectivity index (χ2v) is 5.48. The van der Waals surface area contributed by atoms with Crippen LogP contribution in [-0.4, -0.2) is 23.7 Å². The Hall–Kier alpha value is -2.11. The van der Waals surface area contributed by atoms with Crippen LogP contribution in [0, 0.1) is 11.2 Å². The molecule has 0 aromatic heterocycles. The molecule has 1 fully saturated rings. The zero-order valence-electron chi connectivity index (χ0n) is 11.9. The lowest BCUT2D eigenvalue weighted by molar-refractivity contribution is 0.0697. The Morgan fingerprint density at radius 1 is 1.38 bits per heavy atom. The summed E-state index contributed by atoms with van der Waals surface area (Å²) in [5, 5.41) is 14.0. The summed E-state index contributed by atoms with van der Waals surface area (Å²) in [6.45, 7) is 2.60. The number of carboxylic acid groups (broad SMARTS) is 1. The molecule has 1 aliphatic rings. The van der Waals surface area contributed by atoms with Crippen molar-refractivity contribution >= 4 is 17.7 Å². The third-order valence-electron chi connectivity index (χ3n) is 4.27. The Morgan fingerprint density at radius 2 is 2.10 bits per heavy atom. The largest absolute Gasteiger partial charge is 0.478 e. The highest BCUT2D eigenvalue weighted by atomic mass is 19.1. The lowest BCUT2D eigenvalue weighted by Crippen LogP contribution is -2.43. The zero-order chi connectivity index (χ0) is 15.5. The molecule has 0 saturated heterocycles. The Kier molecular flexibility index (Phi) is 4.45. The van der Waals surface area contributed by atoms with Gasteiger partial charge < -0.3 is 15.7 Å². The van der Waals surface area contributed by atoms with Crippen LogP contribution >= 0.6 is 0 Å². The van der Waals surface area contributed by atoms with E-state index in [2.05, 4.69) is 17.6 Å². The van der Waals surface area contributed by atoms with Gasteiger partial charge in [0.1, 0.15) is 5.82 Å². The van der Waals surface area contributed by atoms with Gasteiger partial charge in [0, 0.05) is 6.54 Å². The van der Waals surface area contributed by atoms with E-state index in [0.29, 0.717) is 6.54 Å². The third-order valence-corrected chi connectivity index (χ3v) is 4.27. The van der Waals surface area contributed by atoms with Crippen molar-refractivity contribution < 1.29 is 19.1 Å². The molecule has 1 aliphatic carbocycles. The standard InChI is InChI=1S/C15H19FN2O3/c1-2-15(7-4-8-15)9-17-14(21)18-12-10(13(19)20)5-3-6-11(12)16/h3,5-6H,2,4,7-9H2,1H3,(H,19,20)(H2,17,18,21). The van der Waals surface area contributed by atoms with Crippen LogP contribution in [0.2, 0.25) is 0 Å². The molecule has 21 heavy (non-hydrogen) atoms. The highest BCUT2D eigenvalue weighted by Crippen LogP contribution is 2.43. The summed E-state index contributed by atoms with van der Waals surface area (Å²) in [5.74, 6) is -2.05. The van der Waals surface area contributed by atoms with Crippen LogP contribution in [0.3, 0.4) is 0 Å². The van der Waals surface area contributed by atoms with Crippen molar-refractivity contribution in [3.05, 3.63) is 29.6 Å². The van der Waals surface area contributed by atoms with Crippen molar-refractivity contribution in [2.24, 2.45) is 5.41 Å². The fraction of sp³-hybridized carbons (Fsp3) is 0.467. The Morgan fingerprint density at radius 3 is 2.62 bits per heavy atom. The van der Waals surface area contributed by atoms with Gasteiger partial charge in [0.25, 0.3) is 0 Å². The summed E-state index contributed by atoms with van der Waals surface area (Å²) < 4.78 is 13.7. The van der Waals surface area contributed by atoms with Crippen LogP contribution in [0.1, 0.15) is 43.0 Å². The van der Waals surface area contributed by atoms with Gasteiger partial charge in [0.15, 0.2) is 0 Å². The summed E-state index contributed by atoms with van der Waals surface area (Å²) in [5.41, 5.74) is -0.428. The molecule has 0 spiro atoms. The van der Waals surface area contributed by atoms with Gasteiger partial charge in [0.05, 0.1) is 11.3 Å². The number of amides is 2. The molecule has 5 nitrogen and oxygen atoms in total. The van der Waals surface area contributed by atoms with Crippen molar-refractivity contribution in [1.82, 2.24) is 5.32 Å². The Balaban J connectivity index is 2.01. The fourth-order valence-electron chi connectivity index (χ4n) is 2.59. The van der Waals surface area contributed by atoms with Crippen molar-refractivity contribution in [3.63, 3.8) is 0 Å². The summed E-state index contributed by atoms with van der Waals surface area (Å²) in [4.78, 5) is 22.9. The number of nitrogens with one attached hydrogen (secondary N) is 2. The zero-order valence-corrected chi connectivity index (χ0v) is 11.9. The molecule has 114 valence electrons. The predicted molar refractivity (Wildman–Crippen MR) is 77.0 cm³/mol. The summed E-state index contributed by atoms with van der Waals surface area (Å²) in [6, 6.07) is 3.08. The van der Waals surface area contributed by atoms with Crippen LogP contribution in [0.15, 0.2) is 18.2 Å². The van der Waals surface area contributed by atoms with E-state index in [-0.39, 0.29) is 16.7 Å². The average molecular weight is 294 g/mol. The predicted octanol–water partition coefficient (Wildman–Crippen LogP) is 3.23. The molecule has 2 rings (SSSR count). The molecular weight excluding hydrogens is 275 g/mol. The van der Waals surface area contributed by atoms with Crippen LogP contribution in [0.4, 0.5) is 14.9 Å². The first kappa shape index (κ1) is 15.3. The van der Waals surface area contributed by atoms with Gasteiger partial charge in [-0.1, -0.05) is 19.4 Å². The molecular formula is C15H19FN2O3. The fourth-order valence-corrected chi connectivity index (χ4v) is 2.59. The first-order valence-electron chi connectivity index (χ1n) is 7.04. The average Bonchev–Trinajstić information content (AvgIpc) is 2.40. The van der Waals surface area contributed by atoms with Gasteiger partial charge in [-0.3, -0.25) is 0 Å². The van der Waals surface area contributed by atoms with E-state index in [4.69, 9.17) is 5.11 Å². The van der Waals surface area contributed by atoms with E-state index in [1.807, 2.05) is 0 Å². The van der Waals surface area contributed by atoms with E-state index in [0.717, 1.165) is 31.7 Å². The number of hydrogen-bond donors (Lipinski definition) is 3. The van der Waals surface area contributed by atoms with Crippen LogP contribution in [-0.2, 0) is 0 Å². The Bertz CT molecular complexity index is 550. The maximum absolute atomic E-state index is 13.7. The van der Waals surface area contributed by atoms with Gasteiger partial charge in [-0.05, 0) is 36.8 Å². The Labute approximate surface area is 122 Å². The number of carbonyl (C=O) groups excluding carboxylic acids is 1. The summed E-state index contributed by atoms with van der Waals surface area (Å²) in [7, 11) is 0. The molecule has 3 N–H and O–H groups in total. The molecule has 0 aliphatic heterocycles. The molecule has 0 radical (unpaired) electrons. The second-order valence-electron chi connectivity index (χ2n) is 5.48. The molecule has 6 heteroatoms. The van der Waals surface area contributed by atoms with Crippen molar-refractivity contribution in [1.29, 1.82) is 0 Å². The van der Waals surface area contributed by atoms with Gasteiger partial charge in [-0.25, -0.2) is 14.0 Å². The van der Waals surface area contributed by atoms with Gasteiger partial charge in [0.2, 0.25) is 0 Å². The minimum absolute atomic E-state index is 0.141. The molecule has 1 saturated carbocycles. The first-order valence-corrected chi connectivity index (χ1v) is 7.04. The monoisotopic (exact) mass is 294 g/mol. The van der Waals surface area contributed by atoms with E-state index in [1.54, 1.807) is 0 Å². The van der Waals surface area contributed by atoms with Crippen molar-refractivity contribution in [3.8, 4) is 0 Å². The molecule has 0 heterocycles. The smallest absolute Gasteiger partial charge is 0.337 e. The number of anilines is 1. The normalized spacial score (nSPS) is 15.9. The lowest BCUT2D eigenvalue weighted by Gasteiger charge is -2.41. The minimum atomic E-state index is -1.28. The number of benzene rings is 1. The second kappa shape index (κ2) is 6.11. The molecule has 1 aromatic carbocycles. The number of carbonyl (C=O) groups is 2. The highest BCUT2D eigenvalue weighted by Gasteiger charge is 2.35. The first-order chi connectivity index (χ1) is 9.97. The number of aromatic carboxylic acids is 1. The van der Waals surface area contributed by atoms with Crippen molar-refractivity contribution in [2.75, 3.05) is 11.9 Å². The number of urea groups is 1. The minimum Gasteiger partial charge on any atom is -0.478 e. The van der Waals surface area contributed by atoms with E-state index in [1.165, 1.54) is 12.1 Å². The van der Waals surface area contributed by atoms with E-state index < -0.39 is 17.8 Å². The van der Waals surface area contributed by atoms with Crippen LogP contribution in [0.5, 0.6) is 0 Å². The number of rotatable bonds is 5. The quantitative estimate of drug-likeness (QED) is 0.780. The molecule has 0 atom stereocenters. The van der Waals surface area contributed by atoms with Crippen LogP contribution in [0.25, 0.3) is 0 Å². The lowest BCUT2D eigenvalue weighted by atomic mass is 9.67. The molecule has 0 unspecified atom stereocenters. The highest BCUT2D eigenvalue weighted by molar-refractivity contribution is 6.00. The maximum Gasteiger partial charge on any atom is 0.337 e. The number of carboxylic acids is 1.